The first-order valence-corrected chi connectivity index (χ1v) is 9.87. The Morgan fingerprint density at radius 3 is 2.61 bits per heavy atom. The number of aryl methyl sites for hydroxylation is 1. The maximum atomic E-state index is 12.3. The van der Waals surface area contributed by atoms with Crippen molar-refractivity contribution in [1.82, 2.24) is 14.4 Å². The van der Waals surface area contributed by atoms with Crippen LogP contribution in [0.4, 0.5) is 13.2 Å². The van der Waals surface area contributed by atoms with Crippen LogP contribution in [0.2, 0.25) is 0 Å². The van der Waals surface area contributed by atoms with Crippen molar-refractivity contribution in [2.24, 2.45) is 0 Å². The van der Waals surface area contributed by atoms with Gasteiger partial charge in [-0.1, -0.05) is 24.3 Å². The number of carbonyl (C=O) groups is 1. The Balaban J connectivity index is 1.58. The SMILES string of the molecule is Cc1cccc(-c2ccn3c(-c4cccc(CC(=O)CCC(F)(F)F)c4)cnc3c2)n1. The van der Waals surface area contributed by atoms with Crippen molar-refractivity contribution < 1.29 is 18.0 Å². The molecule has 1 aromatic carbocycles. The number of fused-ring (bicyclic) bond motifs is 1. The van der Waals surface area contributed by atoms with E-state index in [1.54, 1.807) is 18.3 Å². The van der Waals surface area contributed by atoms with Crippen LogP contribution >= 0.6 is 0 Å². The molecule has 0 amide bonds. The lowest BCUT2D eigenvalue weighted by molar-refractivity contribution is -0.143. The van der Waals surface area contributed by atoms with Gasteiger partial charge >= 0.3 is 6.18 Å². The van der Waals surface area contributed by atoms with E-state index >= 15 is 0 Å². The number of benzene rings is 1. The first-order valence-electron chi connectivity index (χ1n) is 9.87. The van der Waals surface area contributed by atoms with Gasteiger partial charge in [-0.2, -0.15) is 13.2 Å². The number of carbonyl (C=O) groups excluding carboxylic acids is 1. The number of hydrogen-bond acceptors (Lipinski definition) is 3. The summed E-state index contributed by atoms with van der Waals surface area (Å²) >= 11 is 0. The highest BCUT2D eigenvalue weighted by Gasteiger charge is 2.27. The molecule has 158 valence electrons. The summed E-state index contributed by atoms with van der Waals surface area (Å²) in [5, 5.41) is 0. The molecule has 0 atom stereocenters. The van der Waals surface area contributed by atoms with E-state index in [1.807, 2.05) is 60.0 Å². The molecule has 7 heteroatoms. The van der Waals surface area contributed by atoms with Gasteiger partial charge in [-0.15, -0.1) is 0 Å². The molecule has 4 rings (SSSR count). The molecule has 0 aliphatic carbocycles. The van der Waals surface area contributed by atoms with E-state index in [9.17, 15) is 18.0 Å². The minimum atomic E-state index is -4.32. The Kier molecular flexibility index (Phi) is 5.59. The number of rotatable bonds is 6. The number of halogens is 3. The maximum Gasteiger partial charge on any atom is 0.389 e. The van der Waals surface area contributed by atoms with E-state index in [-0.39, 0.29) is 6.42 Å². The van der Waals surface area contributed by atoms with Crippen LogP contribution in [0, 0.1) is 6.92 Å². The predicted molar refractivity (Wildman–Crippen MR) is 113 cm³/mol. The summed E-state index contributed by atoms with van der Waals surface area (Å²) in [7, 11) is 0. The fraction of sp³-hybridized carbons (Fsp3) is 0.208. The number of ketones is 1. The Morgan fingerprint density at radius 2 is 1.84 bits per heavy atom. The van der Waals surface area contributed by atoms with Crippen molar-refractivity contribution in [3.05, 3.63) is 78.2 Å². The van der Waals surface area contributed by atoms with Gasteiger partial charge in [0.05, 0.1) is 24.0 Å². The van der Waals surface area contributed by atoms with Crippen molar-refractivity contribution in [3.8, 4) is 22.5 Å². The first-order chi connectivity index (χ1) is 14.8. The zero-order valence-corrected chi connectivity index (χ0v) is 16.9. The van der Waals surface area contributed by atoms with Gasteiger partial charge in [0, 0.05) is 35.9 Å². The van der Waals surface area contributed by atoms with Crippen molar-refractivity contribution in [1.29, 1.82) is 0 Å². The van der Waals surface area contributed by atoms with E-state index < -0.39 is 24.8 Å². The van der Waals surface area contributed by atoms with Crippen molar-refractivity contribution >= 4 is 11.4 Å². The number of pyridine rings is 2. The van der Waals surface area contributed by atoms with Gasteiger partial charge in [-0.25, -0.2) is 4.98 Å². The van der Waals surface area contributed by atoms with Crippen LogP contribution in [0.3, 0.4) is 0 Å². The quantitative estimate of drug-likeness (QED) is 0.392. The van der Waals surface area contributed by atoms with Crippen molar-refractivity contribution in [2.75, 3.05) is 0 Å². The van der Waals surface area contributed by atoms with E-state index in [0.29, 0.717) is 5.56 Å². The fourth-order valence-electron chi connectivity index (χ4n) is 3.50. The summed E-state index contributed by atoms with van der Waals surface area (Å²) in [6.45, 7) is 1.94. The van der Waals surface area contributed by atoms with E-state index in [2.05, 4.69) is 9.97 Å². The summed E-state index contributed by atoms with van der Waals surface area (Å²) in [5.41, 5.74) is 5.87. The Morgan fingerprint density at radius 1 is 1.03 bits per heavy atom. The van der Waals surface area contributed by atoms with E-state index in [4.69, 9.17) is 0 Å². The van der Waals surface area contributed by atoms with Crippen LogP contribution < -0.4 is 0 Å². The molecule has 4 aromatic rings. The lowest BCUT2D eigenvalue weighted by Gasteiger charge is -2.08. The molecule has 0 fully saturated rings. The topological polar surface area (TPSA) is 47.3 Å². The zero-order chi connectivity index (χ0) is 22.0. The minimum absolute atomic E-state index is 0.0240. The molecule has 3 heterocycles. The Labute approximate surface area is 177 Å². The number of hydrogen-bond donors (Lipinski definition) is 0. The molecule has 3 aromatic heterocycles. The van der Waals surface area contributed by atoms with Crippen molar-refractivity contribution in [3.63, 3.8) is 0 Å². The summed E-state index contributed by atoms with van der Waals surface area (Å²) < 4.78 is 39.0. The summed E-state index contributed by atoms with van der Waals surface area (Å²) in [6.07, 6.45) is -2.27. The van der Waals surface area contributed by atoms with Gasteiger partial charge < -0.3 is 0 Å². The Hall–Kier alpha value is -3.48. The fourth-order valence-corrected chi connectivity index (χ4v) is 3.50. The first kappa shape index (κ1) is 20.8. The Bertz CT molecular complexity index is 1240. The molecule has 0 radical (unpaired) electrons. The lowest BCUT2D eigenvalue weighted by atomic mass is 10.0. The minimum Gasteiger partial charge on any atom is -0.300 e. The summed E-state index contributed by atoms with van der Waals surface area (Å²) in [6, 6.07) is 17.0. The van der Waals surface area contributed by atoms with Crippen LogP contribution in [0.1, 0.15) is 24.1 Å². The third kappa shape index (κ3) is 4.99. The molecule has 0 saturated carbocycles. The standard InChI is InChI=1S/C24H20F3N3O/c1-16-4-2-7-21(29-16)18-9-11-30-22(15-28-23(30)14-18)19-6-3-5-17(12-19)13-20(31)8-10-24(25,26)27/h2-7,9,11-12,14-15H,8,10,13H2,1H3. The molecule has 0 aliphatic heterocycles. The summed E-state index contributed by atoms with van der Waals surface area (Å²) in [4.78, 5) is 21.0. The van der Waals surface area contributed by atoms with Gasteiger partial charge in [0.1, 0.15) is 11.4 Å². The highest BCUT2D eigenvalue weighted by Crippen LogP contribution is 2.26. The molecule has 0 spiro atoms. The molecule has 0 saturated heterocycles. The van der Waals surface area contributed by atoms with Gasteiger partial charge in [-0.3, -0.25) is 14.2 Å². The number of Topliss-reactive ketones (excluding diaryl/α,β-unsaturated/α-hetero) is 1. The number of aromatic nitrogens is 3. The van der Waals surface area contributed by atoms with Gasteiger partial charge in [0.15, 0.2) is 0 Å². The predicted octanol–water partition coefficient (Wildman–Crippen LogP) is 5.83. The van der Waals surface area contributed by atoms with Crippen LogP contribution in [-0.4, -0.2) is 26.3 Å². The lowest BCUT2D eigenvalue weighted by Crippen LogP contribution is -2.12. The van der Waals surface area contributed by atoms with Crippen LogP contribution in [-0.2, 0) is 11.2 Å². The van der Waals surface area contributed by atoms with Crippen LogP contribution in [0.5, 0.6) is 0 Å². The average molecular weight is 423 g/mol. The molecular weight excluding hydrogens is 403 g/mol. The third-order valence-electron chi connectivity index (χ3n) is 5.01. The molecule has 31 heavy (non-hydrogen) atoms. The average Bonchev–Trinajstić information content (AvgIpc) is 3.15. The van der Waals surface area contributed by atoms with Crippen molar-refractivity contribution in [2.45, 2.75) is 32.4 Å². The number of imidazole rings is 1. The number of nitrogens with zero attached hydrogens (tertiary/aromatic N) is 3. The highest BCUT2D eigenvalue weighted by molar-refractivity contribution is 5.81. The van der Waals surface area contributed by atoms with Gasteiger partial charge in [-0.05, 0) is 42.8 Å². The molecule has 0 aliphatic rings. The second kappa shape index (κ2) is 8.34. The molecule has 0 N–H and O–H groups in total. The monoisotopic (exact) mass is 423 g/mol. The van der Waals surface area contributed by atoms with E-state index in [0.717, 1.165) is 33.9 Å². The second-order valence-corrected chi connectivity index (χ2v) is 7.48. The highest BCUT2D eigenvalue weighted by atomic mass is 19.4. The second-order valence-electron chi connectivity index (χ2n) is 7.48. The molecular formula is C24H20F3N3O. The largest absolute Gasteiger partial charge is 0.389 e. The van der Waals surface area contributed by atoms with Gasteiger partial charge in [0.25, 0.3) is 0 Å². The smallest absolute Gasteiger partial charge is 0.300 e. The number of alkyl halides is 3. The zero-order valence-electron chi connectivity index (χ0n) is 16.9. The molecule has 4 nitrogen and oxygen atoms in total. The van der Waals surface area contributed by atoms with E-state index in [1.165, 1.54) is 0 Å². The third-order valence-corrected chi connectivity index (χ3v) is 5.01. The maximum absolute atomic E-state index is 12.3. The summed E-state index contributed by atoms with van der Waals surface area (Å²) in [5.74, 6) is -0.428. The van der Waals surface area contributed by atoms with Gasteiger partial charge in [0.2, 0.25) is 0 Å². The normalized spacial score (nSPS) is 11.7. The van der Waals surface area contributed by atoms with Crippen LogP contribution in [0.25, 0.3) is 28.2 Å². The molecule has 0 bridgehead atoms. The molecule has 0 unspecified atom stereocenters. The van der Waals surface area contributed by atoms with Crippen LogP contribution in [0.15, 0.2) is 67.0 Å².